The van der Waals surface area contributed by atoms with Crippen molar-refractivity contribution in [1.29, 1.82) is 0 Å². The predicted octanol–water partition coefficient (Wildman–Crippen LogP) is 3.45. The van der Waals surface area contributed by atoms with Gasteiger partial charge in [0.15, 0.2) is 0 Å². The van der Waals surface area contributed by atoms with Gasteiger partial charge < -0.3 is 10.5 Å². The van der Waals surface area contributed by atoms with Gasteiger partial charge in [0.1, 0.15) is 5.75 Å². The molecule has 0 aromatic heterocycles. The van der Waals surface area contributed by atoms with E-state index >= 15 is 0 Å². The number of amides is 1. The standard InChI is InChI=1S/C14H11ClN2O4/c1-8-2-4-10(15)13(6-8)21-12-5-3-9(14(16)18)7-11(12)17(19)20/h2-7H,1H3,(H2,16,18). The number of nitrogens with two attached hydrogens (primary N) is 1. The van der Waals surface area contributed by atoms with Crippen LogP contribution in [0.2, 0.25) is 5.02 Å². The molecule has 2 rings (SSSR count). The van der Waals surface area contributed by atoms with Gasteiger partial charge in [0, 0.05) is 11.6 Å². The van der Waals surface area contributed by atoms with Gasteiger partial charge in [-0.25, -0.2) is 0 Å². The fraction of sp³-hybridized carbons (Fsp3) is 0.0714. The number of nitro benzene ring substituents is 1. The minimum atomic E-state index is -0.752. The molecular formula is C14H11ClN2O4. The molecule has 0 aliphatic heterocycles. The van der Waals surface area contributed by atoms with Crippen molar-refractivity contribution in [3.63, 3.8) is 0 Å². The number of carbonyl (C=O) groups is 1. The van der Waals surface area contributed by atoms with E-state index < -0.39 is 10.8 Å². The molecule has 0 aliphatic rings. The molecule has 2 N–H and O–H groups in total. The fourth-order valence-electron chi connectivity index (χ4n) is 1.71. The Hall–Kier alpha value is -2.60. The molecule has 21 heavy (non-hydrogen) atoms. The molecule has 1 amide bonds. The molecule has 0 radical (unpaired) electrons. The largest absolute Gasteiger partial charge is 0.449 e. The van der Waals surface area contributed by atoms with Gasteiger partial charge in [-0.05, 0) is 36.8 Å². The SMILES string of the molecule is Cc1ccc(Cl)c(Oc2ccc(C(N)=O)cc2[N+](=O)[O-])c1. The second kappa shape index (κ2) is 5.80. The monoisotopic (exact) mass is 306 g/mol. The molecule has 0 bridgehead atoms. The molecule has 0 atom stereocenters. The third kappa shape index (κ3) is 3.29. The van der Waals surface area contributed by atoms with Crippen molar-refractivity contribution < 1.29 is 14.5 Å². The van der Waals surface area contributed by atoms with Crippen LogP contribution in [0.5, 0.6) is 11.5 Å². The van der Waals surface area contributed by atoms with E-state index in [1.54, 1.807) is 18.2 Å². The van der Waals surface area contributed by atoms with Crippen LogP contribution in [0.3, 0.4) is 0 Å². The Labute approximate surface area is 125 Å². The van der Waals surface area contributed by atoms with Crippen molar-refractivity contribution in [2.45, 2.75) is 6.92 Å². The number of hydrogen-bond donors (Lipinski definition) is 1. The summed E-state index contributed by atoms with van der Waals surface area (Å²) in [6.07, 6.45) is 0. The number of hydrogen-bond acceptors (Lipinski definition) is 4. The Bertz CT molecular complexity index is 731. The lowest BCUT2D eigenvalue weighted by molar-refractivity contribution is -0.385. The lowest BCUT2D eigenvalue weighted by Crippen LogP contribution is -2.11. The van der Waals surface area contributed by atoms with E-state index in [1.807, 2.05) is 6.92 Å². The fourth-order valence-corrected chi connectivity index (χ4v) is 1.86. The zero-order chi connectivity index (χ0) is 15.6. The van der Waals surface area contributed by atoms with Gasteiger partial charge in [-0.2, -0.15) is 0 Å². The first kappa shape index (κ1) is 14.8. The number of rotatable bonds is 4. The highest BCUT2D eigenvalue weighted by atomic mass is 35.5. The molecule has 6 nitrogen and oxygen atoms in total. The molecular weight excluding hydrogens is 296 g/mol. The summed E-state index contributed by atoms with van der Waals surface area (Å²) in [7, 11) is 0. The van der Waals surface area contributed by atoms with Crippen molar-refractivity contribution in [2.75, 3.05) is 0 Å². The van der Waals surface area contributed by atoms with Gasteiger partial charge >= 0.3 is 5.69 Å². The molecule has 0 spiro atoms. The van der Waals surface area contributed by atoms with Crippen LogP contribution in [0.1, 0.15) is 15.9 Å². The van der Waals surface area contributed by atoms with Crippen LogP contribution in [0, 0.1) is 17.0 Å². The summed E-state index contributed by atoms with van der Waals surface area (Å²) in [4.78, 5) is 21.5. The van der Waals surface area contributed by atoms with Gasteiger partial charge in [0.2, 0.25) is 11.7 Å². The van der Waals surface area contributed by atoms with Crippen LogP contribution < -0.4 is 10.5 Å². The Balaban J connectivity index is 2.46. The first-order valence-electron chi connectivity index (χ1n) is 5.90. The highest BCUT2D eigenvalue weighted by Gasteiger charge is 2.19. The topological polar surface area (TPSA) is 95.5 Å². The maximum absolute atomic E-state index is 11.1. The van der Waals surface area contributed by atoms with Crippen molar-refractivity contribution >= 4 is 23.2 Å². The van der Waals surface area contributed by atoms with Gasteiger partial charge in [-0.3, -0.25) is 14.9 Å². The highest BCUT2D eigenvalue weighted by Crippen LogP contribution is 2.35. The van der Waals surface area contributed by atoms with Crippen molar-refractivity contribution in [2.24, 2.45) is 5.73 Å². The van der Waals surface area contributed by atoms with Crippen molar-refractivity contribution in [1.82, 2.24) is 0 Å². The number of aryl methyl sites for hydroxylation is 1. The first-order chi connectivity index (χ1) is 9.88. The molecule has 2 aromatic carbocycles. The first-order valence-corrected chi connectivity index (χ1v) is 6.28. The van der Waals surface area contributed by atoms with Crippen LogP contribution in [0.4, 0.5) is 5.69 Å². The highest BCUT2D eigenvalue weighted by molar-refractivity contribution is 6.32. The molecule has 0 saturated heterocycles. The summed E-state index contributed by atoms with van der Waals surface area (Å²) in [5.74, 6) is -0.470. The number of halogens is 1. The van der Waals surface area contributed by atoms with Gasteiger partial charge in [0.05, 0.1) is 9.95 Å². The van der Waals surface area contributed by atoms with Crippen LogP contribution in [0.25, 0.3) is 0 Å². The second-order valence-corrected chi connectivity index (χ2v) is 4.75. The third-order valence-electron chi connectivity index (χ3n) is 2.75. The van der Waals surface area contributed by atoms with E-state index in [-0.39, 0.29) is 17.0 Å². The average molecular weight is 307 g/mol. The van der Waals surface area contributed by atoms with Crippen molar-refractivity contribution in [3.8, 4) is 11.5 Å². The maximum atomic E-state index is 11.1. The van der Waals surface area contributed by atoms with Crippen LogP contribution in [0.15, 0.2) is 36.4 Å². The van der Waals surface area contributed by atoms with Gasteiger partial charge in [-0.1, -0.05) is 17.7 Å². The Morgan fingerprint density at radius 1 is 1.24 bits per heavy atom. The maximum Gasteiger partial charge on any atom is 0.312 e. The molecule has 0 unspecified atom stereocenters. The summed E-state index contributed by atoms with van der Waals surface area (Å²) in [5.41, 5.74) is 5.67. The third-order valence-corrected chi connectivity index (χ3v) is 3.06. The number of nitro groups is 1. The molecule has 0 aliphatic carbocycles. The Morgan fingerprint density at radius 2 is 1.95 bits per heavy atom. The predicted molar refractivity (Wildman–Crippen MR) is 77.9 cm³/mol. The van der Waals surface area contributed by atoms with E-state index in [0.717, 1.165) is 11.6 Å². The zero-order valence-electron chi connectivity index (χ0n) is 11.0. The number of ether oxygens (including phenoxy) is 1. The van der Waals surface area contributed by atoms with Gasteiger partial charge in [-0.15, -0.1) is 0 Å². The summed E-state index contributed by atoms with van der Waals surface area (Å²) < 4.78 is 5.49. The van der Waals surface area contributed by atoms with E-state index in [2.05, 4.69) is 0 Å². The summed E-state index contributed by atoms with van der Waals surface area (Å²) >= 11 is 5.99. The molecule has 7 heteroatoms. The number of benzene rings is 2. The lowest BCUT2D eigenvalue weighted by Gasteiger charge is -2.09. The molecule has 0 saturated carbocycles. The number of primary amides is 1. The average Bonchev–Trinajstić information content (AvgIpc) is 2.42. The number of nitrogens with zero attached hydrogens (tertiary/aromatic N) is 1. The molecule has 0 heterocycles. The normalized spacial score (nSPS) is 10.2. The second-order valence-electron chi connectivity index (χ2n) is 4.34. The van der Waals surface area contributed by atoms with Crippen molar-refractivity contribution in [3.05, 3.63) is 62.7 Å². The van der Waals surface area contributed by atoms with E-state index in [1.165, 1.54) is 12.1 Å². The molecule has 0 fully saturated rings. The summed E-state index contributed by atoms with van der Waals surface area (Å²) in [6, 6.07) is 8.83. The van der Waals surface area contributed by atoms with Gasteiger partial charge in [0.25, 0.3) is 0 Å². The van der Waals surface area contributed by atoms with Crippen LogP contribution in [-0.2, 0) is 0 Å². The summed E-state index contributed by atoms with van der Waals surface area (Å²) in [5, 5.41) is 11.4. The Morgan fingerprint density at radius 3 is 2.57 bits per heavy atom. The quantitative estimate of drug-likeness (QED) is 0.691. The smallest absolute Gasteiger partial charge is 0.312 e. The van der Waals surface area contributed by atoms with Crippen LogP contribution >= 0.6 is 11.6 Å². The van der Waals surface area contributed by atoms with E-state index in [4.69, 9.17) is 22.1 Å². The van der Waals surface area contributed by atoms with E-state index in [9.17, 15) is 14.9 Å². The van der Waals surface area contributed by atoms with E-state index in [0.29, 0.717) is 10.8 Å². The number of carbonyl (C=O) groups excluding carboxylic acids is 1. The van der Waals surface area contributed by atoms with Crippen LogP contribution in [-0.4, -0.2) is 10.8 Å². The minimum absolute atomic E-state index is 0.0162. The lowest BCUT2D eigenvalue weighted by atomic mass is 10.2. The zero-order valence-corrected chi connectivity index (χ0v) is 11.8. The molecule has 2 aromatic rings. The summed E-state index contributed by atoms with van der Waals surface area (Å²) in [6.45, 7) is 1.84. The Kier molecular flexibility index (Phi) is 4.09. The minimum Gasteiger partial charge on any atom is -0.449 e. The molecule has 108 valence electrons.